The molecule has 26 heavy (non-hydrogen) atoms. The summed E-state index contributed by atoms with van der Waals surface area (Å²) in [6.45, 7) is 13.2. The lowest BCUT2D eigenvalue weighted by Gasteiger charge is -2.36. The topological polar surface area (TPSA) is 49.4 Å². The van der Waals surface area contributed by atoms with Crippen molar-refractivity contribution < 1.29 is 9.59 Å². The van der Waals surface area contributed by atoms with Crippen molar-refractivity contribution in [2.75, 3.05) is 0 Å². The van der Waals surface area contributed by atoms with Crippen LogP contribution in [0, 0.1) is 19.8 Å². The third-order valence-electron chi connectivity index (χ3n) is 6.38. The number of carbonyl (C=O) groups excluding carboxylic acids is 2. The molecule has 1 saturated heterocycles. The van der Waals surface area contributed by atoms with Gasteiger partial charge in [0.05, 0.1) is 6.54 Å². The summed E-state index contributed by atoms with van der Waals surface area (Å²) in [5, 5.41) is 3.05. The van der Waals surface area contributed by atoms with E-state index in [1.54, 1.807) is 0 Å². The van der Waals surface area contributed by atoms with Crippen molar-refractivity contribution in [3.63, 3.8) is 0 Å². The lowest BCUT2D eigenvalue weighted by atomic mass is 9.73. The summed E-state index contributed by atoms with van der Waals surface area (Å²) in [7, 11) is 0. The molecule has 4 heteroatoms. The summed E-state index contributed by atoms with van der Waals surface area (Å²) in [6, 6.07) is 4.15. The maximum absolute atomic E-state index is 13.2. The molecule has 4 nitrogen and oxygen atoms in total. The minimum absolute atomic E-state index is 0.0339. The van der Waals surface area contributed by atoms with Gasteiger partial charge in [-0.15, -0.1) is 0 Å². The van der Waals surface area contributed by atoms with Crippen molar-refractivity contribution in [3.8, 4) is 0 Å². The number of amides is 3. The molecule has 2 atom stereocenters. The Morgan fingerprint density at radius 1 is 1.15 bits per heavy atom. The molecule has 1 aromatic carbocycles. The zero-order valence-corrected chi connectivity index (χ0v) is 17.0. The maximum Gasteiger partial charge on any atom is 0.325 e. The second-order valence-corrected chi connectivity index (χ2v) is 9.28. The third-order valence-corrected chi connectivity index (χ3v) is 6.38. The highest BCUT2D eigenvalue weighted by atomic mass is 16.2. The van der Waals surface area contributed by atoms with Gasteiger partial charge in [0.1, 0.15) is 5.54 Å². The number of nitrogens with zero attached hydrogens (tertiary/aromatic N) is 1. The van der Waals surface area contributed by atoms with Gasteiger partial charge in [-0.3, -0.25) is 9.69 Å². The summed E-state index contributed by atoms with van der Waals surface area (Å²) in [5.41, 5.74) is 4.06. The smallest absolute Gasteiger partial charge is 0.323 e. The quantitative estimate of drug-likeness (QED) is 0.787. The largest absolute Gasteiger partial charge is 0.325 e. The first-order chi connectivity index (χ1) is 12.1. The van der Waals surface area contributed by atoms with E-state index in [2.05, 4.69) is 59.0 Å². The normalized spacial score (nSPS) is 26.5. The lowest BCUT2D eigenvalue weighted by molar-refractivity contribution is -0.134. The van der Waals surface area contributed by atoms with Crippen LogP contribution in [-0.4, -0.2) is 22.4 Å². The molecule has 0 radical (unpaired) electrons. The second kappa shape index (κ2) is 6.40. The number of urea groups is 1. The number of benzene rings is 1. The Morgan fingerprint density at radius 2 is 1.77 bits per heavy atom. The fraction of sp³-hybridized carbons (Fsp3) is 0.636. The average Bonchev–Trinajstić information content (AvgIpc) is 2.77. The van der Waals surface area contributed by atoms with Crippen molar-refractivity contribution in [1.29, 1.82) is 0 Å². The number of carbonyl (C=O) groups is 2. The van der Waals surface area contributed by atoms with Crippen molar-refractivity contribution in [2.24, 2.45) is 5.92 Å². The van der Waals surface area contributed by atoms with E-state index in [0.717, 1.165) is 42.4 Å². The van der Waals surface area contributed by atoms with Crippen molar-refractivity contribution in [2.45, 2.75) is 84.7 Å². The molecule has 1 saturated carbocycles. The highest BCUT2D eigenvalue weighted by Gasteiger charge is 2.54. The molecule has 1 N–H and O–H groups in total. The number of hydrogen-bond donors (Lipinski definition) is 1. The van der Waals surface area contributed by atoms with Crippen molar-refractivity contribution in [3.05, 3.63) is 34.4 Å². The zero-order valence-electron chi connectivity index (χ0n) is 17.0. The first-order valence-electron chi connectivity index (χ1n) is 9.81. The van der Waals surface area contributed by atoms with E-state index in [9.17, 15) is 9.59 Å². The Labute approximate surface area is 157 Å². The fourth-order valence-electron chi connectivity index (χ4n) is 4.47. The van der Waals surface area contributed by atoms with E-state index < -0.39 is 5.54 Å². The summed E-state index contributed by atoms with van der Waals surface area (Å²) in [4.78, 5) is 27.3. The molecule has 1 aliphatic carbocycles. The van der Waals surface area contributed by atoms with Crippen LogP contribution in [0.15, 0.2) is 12.1 Å². The standard InChI is InChI=1S/C22H32N2O2/c1-14-11-17(21(4,5)6)12-15(2)18(14)13-24-19(25)22(23-20(24)26)10-8-7-9-16(22)3/h11-12,16H,7-10,13H2,1-6H3,(H,23,26). The Morgan fingerprint density at radius 3 is 2.31 bits per heavy atom. The minimum Gasteiger partial charge on any atom is -0.323 e. The molecule has 2 unspecified atom stereocenters. The van der Waals surface area contributed by atoms with E-state index in [4.69, 9.17) is 0 Å². The van der Waals surface area contributed by atoms with Crippen LogP contribution in [0.5, 0.6) is 0 Å². The van der Waals surface area contributed by atoms with Crippen molar-refractivity contribution >= 4 is 11.9 Å². The Hall–Kier alpha value is -1.84. The van der Waals surface area contributed by atoms with Gasteiger partial charge in [-0.2, -0.15) is 0 Å². The van der Waals surface area contributed by atoms with Crippen LogP contribution in [0.2, 0.25) is 0 Å². The number of imide groups is 1. The van der Waals surface area contributed by atoms with Gasteiger partial charge in [0, 0.05) is 0 Å². The minimum atomic E-state index is -0.678. The summed E-state index contributed by atoms with van der Waals surface area (Å²) >= 11 is 0. The number of hydrogen-bond acceptors (Lipinski definition) is 2. The zero-order chi connectivity index (χ0) is 19.3. The molecule has 0 aromatic heterocycles. The van der Waals surface area contributed by atoms with Crippen LogP contribution in [-0.2, 0) is 16.8 Å². The molecule has 142 valence electrons. The third kappa shape index (κ3) is 3.04. The number of aryl methyl sites for hydroxylation is 2. The SMILES string of the molecule is Cc1cc(C(C)(C)C)cc(C)c1CN1C(=O)NC2(CCCCC2C)C1=O. The van der Waals surface area contributed by atoms with Gasteiger partial charge in [-0.1, -0.05) is 52.7 Å². The van der Waals surface area contributed by atoms with Gasteiger partial charge < -0.3 is 5.32 Å². The van der Waals surface area contributed by atoms with Crippen molar-refractivity contribution in [1.82, 2.24) is 10.2 Å². The van der Waals surface area contributed by atoms with E-state index >= 15 is 0 Å². The predicted octanol–water partition coefficient (Wildman–Crippen LogP) is 4.60. The highest BCUT2D eigenvalue weighted by Crippen LogP contribution is 2.39. The number of rotatable bonds is 2. The van der Waals surface area contributed by atoms with Crippen LogP contribution in [0.25, 0.3) is 0 Å². The van der Waals surface area contributed by atoms with E-state index in [-0.39, 0.29) is 23.3 Å². The Bertz CT molecular complexity index is 724. The van der Waals surface area contributed by atoms with Gasteiger partial charge in [0.25, 0.3) is 5.91 Å². The summed E-state index contributed by atoms with van der Waals surface area (Å²) < 4.78 is 0. The maximum atomic E-state index is 13.2. The first kappa shape index (κ1) is 18.9. The molecule has 1 aliphatic heterocycles. The Kier molecular flexibility index (Phi) is 4.66. The molecule has 3 rings (SSSR count). The summed E-state index contributed by atoms with van der Waals surface area (Å²) in [5.74, 6) is 0.163. The molecule has 3 amide bonds. The van der Waals surface area contributed by atoms with Crippen LogP contribution >= 0.6 is 0 Å². The van der Waals surface area contributed by atoms with E-state index in [1.165, 1.54) is 10.5 Å². The molecule has 1 spiro atoms. The van der Waals surface area contributed by atoms with Gasteiger partial charge >= 0.3 is 6.03 Å². The van der Waals surface area contributed by atoms with Crippen LogP contribution in [0.3, 0.4) is 0 Å². The molecule has 1 heterocycles. The predicted molar refractivity (Wildman–Crippen MR) is 104 cm³/mol. The first-order valence-corrected chi connectivity index (χ1v) is 9.81. The van der Waals surface area contributed by atoms with Gasteiger partial charge in [0.15, 0.2) is 0 Å². The van der Waals surface area contributed by atoms with Gasteiger partial charge in [0.2, 0.25) is 0 Å². The van der Waals surface area contributed by atoms with Crippen LogP contribution in [0.4, 0.5) is 4.79 Å². The second-order valence-electron chi connectivity index (χ2n) is 9.28. The highest BCUT2D eigenvalue weighted by molar-refractivity contribution is 6.07. The fourth-order valence-corrected chi connectivity index (χ4v) is 4.47. The molecule has 2 fully saturated rings. The lowest BCUT2D eigenvalue weighted by Crippen LogP contribution is -2.53. The van der Waals surface area contributed by atoms with Crippen LogP contribution < -0.4 is 5.32 Å². The van der Waals surface area contributed by atoms with E-state index in [1.807, 2.05) is 0 Å². The molecular formula is C22H32N2O2. The van der Waals surface area contributed by atoms with Gasteiger partial charge in [-0.05, 0) is 60.3 Å². The van der Waals surface area contributed by atoms with Gasteiger partial charge in [-0.25, -0.2) is 4.79 Å². The molecular weight excluding hydrogens is 324 g/mol. The average molecular weight is 357 g/mol. The Balaban J connectivity index is 1.90. The van der Waals surface area contributed by atoms with Crippen LogP contribution in [0.1, 0.15) is 75.6 Å². The monoisotopic (exact) mass is 356 g/mol. The summed E-state index contributed by atoms with van der Waals surface area (Å²) in [6.07, 6.45) is 3.90. The number of nitrogens with one attached hydrogen (secondary N) is 1. The molecule has 0 bridgehead atoms. The molecule has 1 aromatic rings. The van der Waals surface area contributed by atoms with E-state index in [0.29, 0.717) is 6.54 Å². The molecule has 2 aliphatic rings.